The Kier molecular flexibility index (Phi) is 7.69. The highest BCUT2D eigenvalue weighted by atomic mass is 16.3. The number of carbonyl (C=O) groups excluding carboxylic acids is 2. The zero-order chi connectivity index (χ0) is 34.1. The van der Waals surface area contributed by atoms with Crippen LogP contribution < -0.4 is 10.6 Å². The van der Waals surface area contributed by atoms with Crippen LogP contribution in [0.4, 0.5) is 11.4 Å². The van der Waals surface area contributed by atoms with Gasteiger partial charge < -0.3 is 20.8 Å². The summed E-state index contributed by atoms with van der Waals surface area (Å²) in [5.74, 6) is 4.16. The van der Waals surface area contributed by atoms with Gasteiger partial charge in [-0.25, -0.2) is 0 Å². The van der Waals surface area contributed by atoms with Crippen molar-refractivity contribution in [2.24, 2.45) is 0 Å². The zero-order valence-electron chi connectivity index (χ0n) is 26.1. The molecular weight excluding hydrogens is 608 g/mol. The normalized spacial score (nSPS) is 12.1. The van der Waals surface area contributed by atoms with Crippen molar-refractivity contribution in [3.63, 3.8) is 0 Å². The van der Waals surface area contributed by atoms with Gasteiger partial charge in [-0.3, -0.25) is 9.59 Å². The Hall–Kier alpha value is -7.02. The molecule has 1 aliphatic rings. The van der Waals surface area contributed by atoms with Crippen molar-refractivity contribution >= 4 is 23.2 Å². The lowest BCUT2D eigenvalue weighted by Gasteiger charge is -2.36. The molecule has 0 radical (unpaired) electrons. The van der Waals surface area contributed by atoms with E-state index >= 15 is 0 Å². The smallest absolute Gasteiger partial charge is 0.255 e. The fourth-order valence-electron chi connectivity index (χ4n) is 6.78. The highest BCUT2D eigenvalue weighted by Gasteiger charge is 2.48. The van der Waals surface area contributed by atoms with Crippen molar-refractivity contribution in [2.75, 3.05) is 10.6 Å². The maximum atomic E-state index is 13.8. The molecule has 49 heavy (non-hydrogen) atoms. The predicted octanol–water partition coefficient (Wildman–Crippen LogP) is 7.93. The van der Waals surface area contributed by atoms with Gasteiger partial charge in [-0.2, -0.15) is 0 Å². The lowest BCUT2D eigenvalue weighted by Crippen LogP contribution is -2.32. The van der Waals surface area contributed by atoms with Crippen molar-refractivity contribution in [3.8, 4) is 47.3 Å². The average Bonchev–Trinajstić information content (AvgIpc) is 3.42. The average molecular weight is 637 g/mol. The molecule has 6 aromatic rings. The van der Waals surface area contributed by atoms with Crippen molar-refractivity contribution in [3.05, 3.63) is 178 Å². The minimum Gasteiger partial charge on any atom is -0.508 e. The van der Waals surface area contributed by atoms with Crippen molar-refractivity contribution < 1.29 is 19.8 Å². The fraction of sp³-hybridized carbons (Fsp3) is 0.0233. The van der Waals surface area contributed by atoms with E-state index < -0.39 is 17.2 Å². The van der Waals surface area contributed by atoms with Crippen molar-refractivity contribution in [1.29, 1.82) is 0 Å². The summed E-state index contributed by atoms with van der Waals surface area (Å²) in [6.07, 6.45) is 11.2. The molecule has 0 unspecified atom stereocenters. The molecule has 0 bridgehead atoms. The van der Waals surface area contributed by atoms with Crippen LogP contribution in [0.2, 0.25) is 0 Å². The van der Waals surface area contributed by atoms with E-state index in [4.69, 9.17) is 12.8 Å². The van der Waals surface area contributed by atoms with Crippen LogP contribution in [0, 0.1) is 24.7 Å². The highest BCUT2D eigenvalue weighted by Crippen LogP contribution is 2.59. The van der Waals surface area contributed by atoms with Gasteiger partial charge in [0.1, 0.15) is 11.5 Å². The number of carbonyl (C=O) groups is 2. The summed E-state index contributed by atoms with van der Waals surface area (Å²) >= 11 is 0. The third-order valence-electron chi connectivity index (χ3n) is 8.85. The molecule has 0 fully saturated rings. The van der Waals surface area contributed by atoms with Crippen molar-refractivity contribution in [2.45, 2.75) is 5.41 Å². The van der Waals surface area contributed by atoms with Gasteiger partial charge in [-0.15, -0.1) is 12.8 Å². The first kappa shape index (κ1) is 30.6. The molecule has 0 aromatic heterocycles. The number of hydrogen-bond acceptors (Lipinski definition) is 4. The van der Waals surface area contributed by atoms with Crippen LogP contribution in [0.15, 0.2) is 133 Å². The van der Waals surface area contributed by atoms with E-state index in [0.717, 1.165) is 22.3 Å². The number of fused-ring (bicyclic) bond motifs is 3. The number of anilines is 2. The summed E-state index contributed by atoms with van der Waals surface area (Å²) < 4.78 is 0. The zero-order valence-corrected chi connectivity index (χ0v) is 26.1. The molecule has 6 heteroatoms. The molecule has 0 spiro atoms. The second kappa shape index (κ2) is 12.3. The number of benzene rings is 6. The summed E-state index contributed by atoms with van der Waals surface area (Å²) in [5.41, 5.74) is 6.24. The van der Waals surface area contributed by atoms with E-state index in [1.807, 2.05) is 48.5 Å². The van der Waals surface area contributed by atoms with Gasteiger partial charge in [0.2, 0.25) is 0 Å². The summed E-state index contributed by atoms with van der Waals surface area (Å²) in [6.45, 7) is 0. The number of terminal acetylenes is 2. The molecule has 1 aliphatic carbocycles. The molecule has 6 nitrogen and oxygen atoms in total. The lowest BCUT2D eigenvalue weighted by atomic mass is 9.66. The molecule has 0 atom stereocenters. The summed E-state index contributed by atoms with van der Waals surface area (Å²) in [4.78, 5) is 27.6. The van der Waals surface area contributed by atoms with Gasteiger partial charge in [0.05, 0.1) is 5.41 Å². The first-order valence-corrected chi connectivity index (χ1v) is 15.5. The molecule has 7 rings (SSSR count). The van der Waals surface area contributed by atoms with Crippen molar-refractivity contribution in [1.82, 2.24) is 0 Å². The predicted molar refractivity (Wildman–Crippen MR) is 192 cm³/mol. The summed E-state index contributed by atoms with van der Waals surface area (Å²) in [6, 6.07) is 39.1. The third-order valence-corrected chi connectivity index (χ3v) is 8.85. The van der Waals surface area contributed by atoms with E-state index in [1.54, 1.807) is 72.8 Å². The van der Waals surface area contributed by atoms with E-state index in [9.17, 15) is 19.8 Å². The second-order valence-corrected chi connectivity index (χ2v) is 11.7. The van der Waals surface area contributed by atoms with E-state index in [0.29, 0.717) is 44.8 Å². The van der Waals surface area contributed by atoms with Gasteiger partial charge in [0.25, 0.3) is 11.8 Å². The first-order chi connectivity index (χ1) is 23.8. The van der Waals surface area contributed by atoms with Crippen LogP contribution in [-0.4, -0.2) is 22.0 Å². The minimum absolute atomic E-state index is 0.0567. The maximum Gasteiger partial charge on any atom is 0.255 e. The largest absolute Gasteiger partial charge is 0.508 e. The number of amides is 2. The van der Waals surface area contributed by atoms with Crippen LogP contribution in [0.25, 0.3) is 11.1 Å². The van der Waals surface area contributed by atoms with E-state index in [-0.39, 0.29) is 11.5 Å². The molecule has 0 heterocycles. The number of aromatic hydroxyl groups is 2. The summed E-state index contributed by atoms with van der Waals surface area (Å²) in [7, 11) is 0. The SMILES string of the molecule is C#Cc1cccc(C(=O)Nc2cc(O)ccc2C2(c3ccc(O)cc3NC(=O)c3cccc(C#C)c3)c3ccccc3-c3ccccc32)c1. The number of hydrogen-bond donors (Lipinski definition) is 4. The number of rotatable bonds is 6. The van der Waals surface area contributed by atoms with Crippen LogP contribution >= 0.6 is 0 Å². The Morgan fingerprint density at radius 1 is 0.510 bits per heavy atom. The molecule has 0 saturated heterocycles. The van der Waals surface area contributed by atoms with Gasteiger partial charge in [0, 0.05) is 45.8 Å². The molecule has 234 valence electrons. The Morgan fingerprint density at radius 2 is 0.939 bits per heavy atom. The fourth-order valence-corrected chi connectivity index (χ4v) is 6.78. The molecule has 6 aromatic carbocycles. The van der Waals surface area contributed by atoms with Gasteiger partial charge >= 0.3 is 0 Å². The number of phenolic OH excluding ortho intramolecular Hbond substituents is 2. The second-order valence-electron chi connectivity index (χ2n) is 11.7. The lowest BCUT2D eigenvalue weighted by molar-refractivity contribution is 0.101. The van der Waals surface area contributed by atoms with E-state index in [2.05, 4.69) is 22.5 Å². The third kappa shape index (κ3) is 5.24. The number of nitrogens with one attached hydrogen (secondary N) is 2. The standard InChI is InChI=1S/C43H28N2O4/c1-3-27-11-9-13-29(23-27)41(48)44-39-25-31(46)19-21-37(39)43(35-17-7-5-15-33(35)34-16-6-8-18-36(34)43)38-22-20-32(47)26-40(38)45-42(49)30-14-10-12-28(4-2)24-30/h1-2,5-26,46-47H,(H,44,48)(H,45,49). The first-order valence-electron chi connectivity index (χ1n) is 15.5. The monoisotopic (exact) mass is 636 g/mol. The molecule has 2 amide bonds. The maximum absolute atomic E-state index is 13.8. The Balaban J connectivity index is 1.49. The Morgan fingerprint density at radius 3 is 1.37 bits per heavy atom. The highest BCUT2D eigenvalue weighted by molar-refractivity contribution is 6.07. The Bertz CT molecular complexity index is 2230. The van der Waals surface area contributed by atoms with E-state index in [1.165, 1.54) is 12.1 Å². The van der Waals surface area contributed by atoms with Crippen LogP contribution in [0.1, 0.15) is 54.1 Å². The van der Waals surface area contributed by atoms with Crippen LogP contribution in [0.5, 0.6) is 11.5 Å². The molecule has 0 aliphatic heterocycles. The Labute approximate surface area is 283 Å². The van der Waals surface area contributed by atoms with Gasteiger partial charge in [0.15, 0.2) is 0 Å². The topological polar surface area (TPSA) is 98.7 Å². The molecule has 0 saturated carbocycles. The van der Waals surface area contributed by atoms with Crippen LogP contribution in [0.3, 0.4) is 0 Å². The molecular formula is C43H28N2O4. The summed E-state index contributed by atoms with van der Waals surface area (Å²) in [5, 5.41) is 27.7. The van der Waals surface area contributed by atoms with Crippen LogP contribution in [-0.2, 0) is 5.41 Å². The minimum atomic E-state index is -1.15. The number of phenols is 2. The molecule has 4 N–H and O–H groups in total. The quantitative estimate of drug-likeness (QED) is 0.139. The van der Waals surface area contributed by atoms with Gasteiger partial charge in [-0.1, -0.05) is 84.6 Å². The van der Waals surface area contributed by atoms with Gasteiger partial charge in [-0.05, 0) is 81.9 Å².